The van der Waals surface area contributed by atoms with Crippen molar-refractivity contribution < 1.29 is 9.59 Å². The lowest BCUT2D eigenvalue weighted by Crippen LogP contribution is -2.33. The maximum atomic E-state index is 12.0. The maximum absolute atomic E-state index is 12.0. The number of anilines is 2. The summed E-state index contributed by atoms with van der Waals surface area (Å²) in [5.41, 5.74) is 3.34. The van der Waals surface area contributed by atoms with Gasteiger partial charge in [0.25, 0.3) is 0 Å². The molecule has 126 valence electrons. The minimum Gasteiger partial charge on any atom is -0.330 e. The molecule has 1 aliphatic rings. The van der Waals surface area contributed by atoms with Crippen molar-refractivity contribution >= 4 is 45.7 Å². The smallest absolute Gasteiger partial charge is 0.239 e. The van der Waals surface area contributed by atoms with Gasteiger partial charge in [-0.2, -0.15) is 0 Å². The molecule has 24 heavy (non-hydrogen) atoms. The first-order valence-corrected chi connectivity index (χ1v) is 9.47. The molecule has 0 atom stereocenters. The number of amides is 2. The summed E-state index contributed by atoms with van der Waals surface area (Å²) in [5, 5.41) is 12.1. The minimum absolute atomic E-state index is 0.0740. The SMILES string of the molecule is Cc1ccc(Nc2nnc(SCC(=O)N3CCCC3=O)s2)c(C)c1. The Kier molecular flexibility index (Phi) is 5.15. The molecular formula is C16H18N4O2S2. The Balaban J connectivity index is 1.57. The first kappa shape index (κ1) is 16.9. The fourth-order valence-corrected chi connectivity index (χ4v) is 4.14. The third kappa shape index (κ3) is 3.93. The van der Waals surface area contributed by atoms with Gasteiger partial charge in [0.05, 0.1) is 5.75 Å². The Labute approximate surface area is 148 Å². The average Bonchev–Trinajstić information content (AvgIpc) is 3.17. The number of nitrogens with one attached hydrogen (secondary N) is 1. The number of aromatic nitrogens is 2. The molecule has 1 aromatic heterocycles. The molecule has 2 aromatic rings. The topological polar surface area (TPSA) is 75.2 Å². The Bertz CT molecular complexity index is 775. The minimum atomic E-state index is -0.151. The van der Waals surface area contributed by atoms with Crippen molar-refractivity contribution in [2.45, 2.75) is 31.0 Å². The predicted molar refractivity (Wildman–Crippen MR) is 95.8 cm³/mol. The van der Waals surface area contributed by atoms with Gasteiger partial charge in [-0.15, -0.1) is 10.2 Å². The van der Waals surface area contributed by atoms with Gasteiger partial charge in [-0.25, -0.2) is 0 Å². The van der Waals surface area contributed by atoms with E-state index in [0.717, 1.165) is 17.7 Å². The third-order valence-electron chi connectivity index (χ3n) is 3.72. The number of benzene rings is 1. The monoisotopic (exact) mass is 362 g/mol. The van der Waals surface area contributed by atoms with Crippen LogP contribution in [0, 0.1) is 13.8 Å². The molecule has 1 N–H and O–H groups in total. The van der Waals surface area contributed by atoms with E-state index in [2.05, 4.69) is 28.5 Å². The highest BCUT2D eigenvalue weighted by molar-refractivity contribution is 8.01. The quantitative estimate of drug-likeness (QED) is 0.824. The maximum Gasteiger partial charge on any atom is 0.239 e. The summed E-state index contributed by atoms with van der Waals surface area (Å²) < 4.78 is 0.710. The summed E-state index contributed by atoms with van der Waals surface area (Å²) >= 11 is 2.72. The van der Waals surface area contributed by atoms with E-state index in [1.165, 1.54) is 33.6 Å². The normalized spacial score (nSPS) is 14.2. The van der Waals surface area contributed by atoms with Gasteiger partial charge >= 0.3 is 0 Å². The van der Waals surface area contributed by atoms with Crippen LogP contribution in [0.15, 0.2) is 22.5 Å². The van der Waals surface area contributed by atoms with Crippen molar-refractivity contribution in [2.24, 2.45) is 0 Å². The lowest BCUT2D eigenvalue weighted by molar-refractivity contribution is -0.140. The van der Waals surface area contributed by atoms with E-state index in [4.69, 9.17) is 0 Å². The molecule has 0 saturated carbocycles. The number of hydrogen-bond donors (Lipinski definition) is 1. The molecule has 0 bridgehead atoms. The van der Waals surface area contributed by atoms with Crippen LogP contribution >= 0.6 is 23.1 Å². The average molecular weight is 362 g/mol. The number of nitrogens with zero attached hydrogens (tertiary/aromatic N) is 3. The molecule has 6 nitrogen and oxygen atoms in total. The van der Waals surface area contributed by atoms with E-state index in [1.807, 2.05) is 19.1 Å². The zero-order valence-corrected chi connectivity index (χ0v) is 15.2. The molecule has 2 amide bonds. The first-order valence-electron chi connectivity index (χ1n) is 7.67. The van der Waals surface area contributed by atoms with Crippen LogP contribution in [-0.4, -0.2) is 39.2 Å². The van der Waals surface area contributed by atoms with E-state index >= 15 is 0 Å². The Morgan fingerprint density at radius 1 is 1.38 bits per heavy atom. The lowest BCUT2D eigenvalue weighted by Gasteiger charge is -2.11. The van der Waals surface area contributed by atoms with Crippen LogP contribution in [0.25, 0.3) is 0 Å². The Morgan fingerprint density at radius 2 is 2.21 bits per heavy atom. The van der Waals surface area contributed by atoms with E-state index in [0.29, 0.717) is 22.4 Å². The van der Waals surface area contributed by atoms with Crippen molar-refractivity contribution in [1.29, 1.82) is 0 Å². The van der Waals surface area contributed by atoms with Gasteiger partial charge in [0.2, 0.25) is 16.9 Å². The van der Waals surface area contributed by atoms with Gasteiger partial charge in [-0.1, -0.05) is 40.8 Å². The highest BCUT2D eigenvalue weighted by atomic mass is 32.2. The second-order valence-corrected chi connectivity index (χ2v) is 7.85. The lowest BCUT2D eigenvalue weighted by atomic mass is 10.1. The molecule has 2 heterocycles. The van der Waals surface area contributed by atoms with Crippen LogP contribution in [0.2, 0.25) is 0 Å². The Hall–Kier alpha value is -1.93. The summed E-state index contributed by atoms with van der Waals surface area (Å²) in [6, 6.07) is 6.16. The largest absolute Gasteiger partial charge is 0.330 e. The van der Waals surface area contributed by atoms with E-state index < -0.39 is 0 Å². The molecule has 1 fully saturated rings. The van der Waals surface area contributed by atoms with Crippen LogP contribution in [0.3, 0.4) is 0 Å². The number of hydrogen-bond acceptors (Lipinski definition) is 7. The van der Waals surface area contributed by atoms with Crippen molar-refractivity contribution in [2.75, 3.05) is 17.6 Å². The fraction of sp³-hybridized carbons (Fsp3) is 0.375. The molecule has 1 saturated heterocycles. The molecular weight excluding hydrogens is 344 g/mol. The van der Waals surface area contributed by atoms with Gasteiger partial charge in [0.1, 0.15) is 0 Å². The highest BCUT2D eigenvalue weighted by Crippen LogP contribution is 2.29. The van der Waals surface area contributed by atoms with Crippen molar-refractivity contribution in [3.63, 3.8) is 0 Å². The molecule has 8 heteroatoms. The number of thioether (sulfide) groups is 1. The molecule has 0 radical (unpaired) electrons. The van der Waals surface area contributed by atoms with Crippen LogP contribution in [0.4, 0.5) is 10.8 Å². The number of aryl methyl sites for hydroxylation is 2. The van der Waals surface area contributed by atoms with Gasteiger partial charge in [-0.3, -0.25) is 14.5 Å². The van der Waals surface area contributed by atoms with E-state index in [9.17, 15) is 9.59 Å². The molecule has 3 rings (SSSR count). The molecule has 0 spiro atoms. The van der Waals surface area contributed by atoms with Gasteiger partial charge in [-0.05, 0) is 31.9 Å². The van der Waals surface area contributed by atoms with Crippen LogP contribution < -0.4 is 5.32 Å². The summed E-state index contributed by atoms with van der Waals surface area (Å²) in [5.74, 6) is -0.0131. The summed E-state index contributed by atoms with van der Waals surface area (Å²) in [6.45, 7) is 4.63. The van der Waals surface area contributed by atoms with Crippen LogP contribution in [-0.2, 0) is 9.59 Å². The van der Waals surface area contributed by atoms with Crippen molar-refractivity contribution in [3.8, 4) is 0 Å². The van der Waals surface area contributed by atoms with Gasteiger partial charge in [0, 0.05) is 18.7 Å². The zero-order valence-electron chi connectivity index (χ0n) is 13.5. The molecule has 0 aliphatic carbocycles. The predicted octanol–water partition coefficient (Wildman–Crippen LogP) is 3.14. The van der Waals surface area contributed by atoms with Crippen molar-refractivity contribution in [3.05, 3.63) is 29.3 Å². The number of carbonyl (C=O) groups excluding carboxylic acids is 2. The van der Waals surface area contributed by atoms with Gasteiger partial charge < -0.3 is 5.32 Å². The third-order valence-corrected chi connectivity index (χ3v) is 5.68. The number of imide groups is 1. The van der Waals surface area contributed by atoms with E-state index in [-0.39, 0.29) is 17.6 Å². The highest BCUT2D eigenvalue weighted by Gasteiger charge is 2.26. The molecule has 1 aliphatic heterocycles. The summed E-state index contributed by atoms with van der Waals surface area (Å²) in [6.07, 6.45) is 1.23. The van der Waals surface area contributed by atoms with Gasteiger partial charge in [0.15, 0.2) is 4.34 Å². The summed E-state index contributed by atoms with van der Waals surface area (Å²) in [4.78, 5) is 24.9. The summed E-state index contributed by atoms with van der Waals surface area (Å²) in [7, 11) is 0. The number of carbonyl (C=O) groups is 2. The molecule has 0 unspecified atom stereocenters. The second-order valence-electron chi connectivity index (χ2n) is 5.65. The van der Waals surface area contributed by atoms with E-state index in [1.54, 1.807) is 0 Å². The van der Waals surface area contributed by atoms with Crippen LogP contribution in [0.5, 0.6) is 0 Å². The number of likely N-dealkylation sites (tertiary alicyclic amines) is 1. The number of rotatable bonds is 5. The van der Waals surface area contributed by atoms with Crippen LogP contribution in [0.1, 0.15) is 24.0 Å². The van der Waals surface area contributed by atoms with Crippen molar-refractivity contribution in [1.82, 2.24) is 15.1 Å². The molecule has 1 aromatic carbocycles. The second kappa shape index (κ2) is 7.31. The zero-order chi connectivity index (χ0) is 17.1. The fourth-order valence-electron chi connectivity index (χ4n) is 2.50. The Morgan fingerprint density at radius 3 is 2.92 bits per heavy atom. The standard InChI is InChI=1S/C16H18N4O2S2/c1-10-5-6-12(11(2)8-10)17-15-18-19-16(24-15)23-9-14(22)20-7-3-4-13(20)21/h5-6,8H,3-4,7,9H2,1-2H3,(H,17,18). The first-order chi connectivity index (χ1) is 11.5.